The molecule has 0 aliphatic carbocycles. The molecule has 0 spiro atoms. The molecule has 2 rings (SSSR count). The third-order valence-electron chi connectivity index (χ3n) is 1.83. The second-order valence-electron chi connectivity index (χ2n) is 2.93. The normalized spacial score (nSPS) is 20.2. The number of hydrogen-bond acceptors (Lipinski definition) is 4. The van der Waals surface area contributed by atoms with Crippen LogP contribution in [0.3, 0.4) is 0 Å². The topological polar surface area (TPSA) is 58.2 Å². The van der Waals surface area contributed by atoms with Gasteiger partial charge in [0.15, 0.2) is 5.37 Å². The highest BCUT2D eigenvalue weighted by Crippen LogP contribution is 2.22. The Bertz CT molecular complexity index is 407. The van der Waals surface area contributed by atoms with Crippen LogP contribution in [0.25, 0.3) is 0 Å². The number of amides is 2. The van der Waals surface area contributed by atoms with Crippen LogP contribution in [0.15, 0.2) is 28.7 Å². The predicted molar refractivity (Wildman–Crippen MR) is 62.7 cm³/mol. The lowest BCUT2D eigenvalue weighted by atomic mass is 10.3. The number of imide groups is 1. The molecule has 1 aliphatic rings. The molecular formula is C9H7BrN2O2S. The molecule has 0 radical (unpaired) electrons. The van der Waals surface area contributed by atoms with E-state index in [9.17, 15) is 9.59 Å². The Kier molecular flexibility index (Phi) is 2.97. The highest BCUT2D eigenvalue weighted by Gasteiger charge is 2.31. The largest absolute Gasteiger partial charge is 0.365 e. The highest BCUT2D eigenvalue weighted by atomic mass is 79.9. The Morgan fingerprint density at radius 2 is 1.93 bits per heavy atom. The predicted octanol–water partition coefficient (Wildman–Crippen LogP) is 2.17. The van der Waals surface area contributed by atoms with E-state index in [2.05, 4.69) is 26.6 Å². The highest BCUT2D eigenvalue weighted by molar-refractivity contribution is 9.10. The summed E-state index contributed by atoms with van der Waals surface area (Å²) in [6, 6.07) is 7.39. The zero-order chi connectivity index (χ0) is 10.8. The van der Waals surface area contributed by atoms with Crippen molar-refractivity contribution >= 4 is 44.5 Å². The van der Waals surface area contributed by atoms with E-state index < -0.39 is 5.37 Å². The molecule has 4 nitrogen and oxygen atoms in total. The molecule has 2 N–H and O–H groups in total. The van der Waals surface area contributed by atoms with Gasteiger partial charge in [-0.1, -0.05) is 15.9 Å². The first kappa shape index (κ1) is 10.5. The van der Waals surface area contributed by atoms with E-state index in [1.165, 1.54) is 0 Å². The van der Waals surface area contributed by atoms with Gasteiger partial charge in [0.1, 0.15) is 0 Å². The lowest BCUT2D eigenvalue weighted by Gasteiger charge is -2.09. The van der Waals surface area contributed by atoms with Crippen LogP contribution in [0, 0.1) is 0 Å². The lowest BCUT2D eigenvalue weighted by molar-refractivity contribution is -0.118. The summed E-state index contributed by atoms with van der Waals surface area (Å²) >= 11 is 4.26. The Balaban J connectivity index is 2.06. The summed E-state index contributed by atoms with van der Waals surface area (Å²) in [4.78, 5) is 22.1. The van der Waals surface area contributed by atoms with Gasteiger partial charge < -0.3 is 5.32 Å². The average Bonchev–Trinajstić information content (AvgIpc) is 2.49. The molecule has 2 amide bonds. The zero-order valence-corrected chi connectivity index (χ0v) is 9.89. The smallest absolute Gasteiger partial charge is 0.288 e. The SMILES string of the molecule is O=C1NC(=O)[C@@H](Nc2ccc(Br)cc2)S1. The summed E-state index contributed by atoms with van der Waals surface area (Å²) in [6.45, 7) is 0. The molecule has 1 aliphatic heterocycles. The maximum absolute atomic E-state index is 11.2. The number of carbonyl (C=O) groups excluding carboxylic acids is 2. The quantitative estimate of drug-likeness (QED) is 0.875. The standard InChI is InChI=1S/C9H7BrN2O2S/c10-5-1-3-6(4-2-5)11-8-7(13)12-9(14)15-8/h1-4,8,11H,(H,12,13,14)/t8-/m0/s1. The van der Waals surface area contributed by atoms with Crippen molar-refractivity contribution in [2.45, 2.75) is 5.37 Å². The molecular weight excluding hydrogens is 280 g/mol. The van der Waals surface area contributed by atoms with E-state index in [-0.39, 0.29) is 11.1 Å². The molecule has 78 valence electrons. The van der Waals surface area contributed by atoms with E-state index in [0.29, 0.717) is 0 Å². The van der Waals surface area contributed by atoms with Crippen molar-refractivity contribution < 1.29 is 9.59 Å². The number of nitrogens with one attached hydrogen (secondary N) is 2. The van der Waals surface area contributed by atoms with Crippen LogP contribution < -0.4 is 10.6 Å². The van der Waals surface area contributed by atoms with Crippen LogP contribution in [0.2, 0.25) is 0 Å². The number of benzene rings is 1. The van der Waals surface area contributed by atoms with Gasteiger partial charge in [-0.3, -0.25) is 14.9 Å². The number of rotatable bonds is 2. The van der Waals surface area contributed by atoms with Crippen LogP contribution in [0.5, 0.6) is 0 Å². The molecule has 0 aromatic heterocycles. The van der Waals surface area contributed by atoms with Crippen LogP contribution in [-0.4, -0.2) is 16.5 Å². The van der Waals surface area contributed by atoms with Gasteiger partial charge in [-0.15, -0.1) is 0 Å². The molecule has 15 heavy (non-hydrogen) atoms. The van der Waals surface area contributed by atoms with Gasteiger partial charge in [0, 0.05) is 10.2 Å². The van der Waals surface area contributed by atoms with Crippen molar-refractivity contribution in [1.29, 1.82) is 0 Å². The Morgan fingerprint density at radius 1 is 1.27 bits per heavy atom. The second kappa shape index (κ2) is 4.24. The third-order valence-corrected chi connectivity index (χ3v) is 3.24. The molecule has 1 aromatic carbocycles. The van der Waals surface area contributed by atoms with E-state index in [0.717, 1.165) is 21.9 Å². The van der Waals surface area contributed by atoms with E-state index in [1.54, 1.807) is 0 Å². The first-order chi connectivity index (χ1) is 7.15. The van der Waals surface area contributed by atoms with Gasteiger partial charge in [0.2, 0.25) is 0 Å². The van der Waals surface area contributed by atoms with E-state index in [4.69, 9.17) is 0 Å². The molecule has 1 heterocycles. The summed E-state index contributed by atoms with van der Waals surface area (Å²) in [7, 11) is 0. The summed E-state index contributed by atoms with van der Waals surface area (Å²) in [5.74, 6) is -0.298. The number of thioether (sulfide) groups is 1. The maximum atomic E-state index is 11.2. The van der Waals surface area contributed by atoms with Crippen LogP contribution in [0.1, 0.15) is 0 Å². The fraction of sp³-hybridized carbons (Fsp3) is 0.111. The molecule has 6 heteroatoms. The van der Waals surface area contributed by atoms with Crippen molar-refractivity contribution in [2.24, 2.45) is 0 Å². The summed E-state index contributed by atoms with van der Waals surface area (Å²) < 4.78 is 0.965. The average molecular weight is 287 g/mol. The van der Waals surface area contributed by atoms with Crippen molar-refractivity contribution in [3.63, 3.8) is 0 Å². The first-order valence-corrected chi connectivity index (χ1v) is 5.86. The van der Waals surface area contributed by atoms with E-state index in [1.807, 2.05) is 24.3 Å². The lowest BCUT2D eigenvalue weighted by Crippen LogP contribution is -2.29. The minimum atomic E-state index is -0.529. The van der Waals surface area contributed by atoms with Crippen molar-refractivity contribution in [1.82, 2.24) is 5.32 Å². The minimum Gasteiger partial charge on any atom is -0.365 e. The molecule has 1 aromatic rings. The molecule has 1 atom stereocenters. The molecule has 1 saturated heterocycles. The number of hydrogen-bond donors (Lipinski definition) is 2. The molecule has 1 fully saturated rings. The van der Waals surface area contributed by atoms with Crippen LogP contribution >= 0.6 is 27.7 Å². The van der Waals surface area contributed by atoms with Gasteiger partial charge in [-0.25, -0.2) is 0 Å². The summed E-state index contributed by atoms with van der Waals surface area (Å²) in [5.41, 5.74) is 0.806. The van der Waals surface area contributed by atoms with Crippen molar-refractivity contribution in [2.75, 3.05) is 5.32 Å². The number of halogens is 1. The van der Waals surface area contributed by atoms with E-state index >= 15 is 0 Å². The molecule has 0 saturated carbocycles. The second-order valence-corrected chi connectivity index (χ2v) is 4.92. The third kappa shape index (κ3) is 2.51. The van der Waals surface area contributed by atoms with Crippen molar-refractivity contribution in [3.05, 3.63) is 28.7 Å². The Hall–Kier alpha value is -1.01. The van der Waals surface area contributed by atoms with Gasteiger partial charge in [0.05, 0.1) is 0 Å². The fourth-order valence-electron chi connectivity index (χ4n) is 1.15. The number of anilines is 1. The van der Waals surface area contributed by atoms with Crippen LogP contribution in [-0.2, 0) is 4.79 Å². The summed E-state index contributed by atoms with van der Waals surface area (Å²) in [5, 5.41) is 4.33. The minimum absolute atomic E-state index is 0.298. The van der Waals surface area contributed by atoms with Gasteiger partial charge >= 0.3 is 0 Å². The molecule has 0 unspecified atom stereocenters. The van der Waals surface area contributed by atoms with Gasteiger partial charge in [0.25, 0.3) is 11.1 Å². The maximum Gasteiger partial charge on any atom is 0.288 e. The number of carbonyl (C=O) groups is 2. The van der Waals surface area contributed by atoms with Gasteiger partial charge in [-0.2, -0.15) is 0 Å². The van der Waals surface area contributed by atoms with Gasteiger partial charge in [-0.05, 0) is 36.0 Å². The fourth-order valence-corrected chi connectivity index (χ4v) is 2.15. The Labute approximate surface area is 98.9 Å². The van der Waals surface area contributed by atoms with Crippen LogP contribution in [0.4, 0.5) is 10.5 Å². The monoisotopic (exact) mass is 286 g/mol. The van der Waals surface area contributed by atoms with Crippen molar-refractivity contribution in [3.8, 4) is 0 Å². The summed E-state index contributed by atoms with van der Waals surface area (Å²) in [6.07, 6.45) is 0. The Morgan fingerprint density at radius 3 is 2.47 bits per heavy atom. The molecule has 0 bridgehead atoms. The zero-order valence-electron chi connectivity index (χ0n) is 7.49. The first-order valence-electron chi connectivity index (χ1n) is 4.19.